The van der Waals surface area contributed by atoms with Crippen LogP contribution in [0.1, 0.15) is 48.9 Å². The third-order valence-electron chi connectivity index (χ3n) is 3.23. The van der Waals surface area contributed by atoms with Crippen molar-refractivity contribution < 1.29 is 9.53 Å². The van der Waals surface area contributed by atoms with Crippen molar-refractivity contribution in [3.8, 4) is 0 Å². The van der Waals surface area contributed by atoms with Crippen molar-refractivity contribution in [2.24, 2.45) is 0 Å². The van der Waals surface area contributed by atoms with E-state index in [0.717, 1.165) is 30.2 Å². The number of nitrogen functional groups attached to an aromatic ring is 1. The number of nitrogens with two attached hydrogens (primary N) is 1. The van der Waals surface area contributed by atoms with Gasteiger partial charge in [0.1, 0.15) is 6.10 Å². The van der Waals surface area contributed by atoms with Gasteiger partial charge in [-0.15, -0.1) is 0 Å². The Morgan fingerprint density at radius 3 is 2.44 bits per heavy atom. The molecule has 0 atom stereocenters. The molecule has 98 valence electrons. The molecule has 4 heteroatoms. The van der Waals surface area contributed by atoms with Gasteiger partial charge >= 0.3 is 5.97 Å². The molecule has 1 aliphatic carbocycles. The summed E-state index contributed by atoms with van der Waals surface area (Å²) in [7, 11) is 0. The van der Waals surface area contributed by atoms with E-state index in [1.807, 2.05) is 0 Å². The maximum atomic E-state index is 12.0. The van der Waals surface area contributed by atoms with Crippen LogP contribution < -0.4 is 5.73 Å². The molecular formula is C14H18BrNO2. The van der Waals surface area contributed by atoms with Gasteiger partial charge in [0.15, 0.2) is 0 Å². The lowest BCUT2D eigenvalue weighted by molar-refractivity contribution is 0.0267. The highest BCUT2D eigenvalue weighted by atomic mass is 79.9. The van der Waals surface area contributed by atoms with Crippen molar-refractivity contribution in [3.05, 3.63) is 28.2 Å². The molecule has 0 bridgehead atoms. The maximum Gasteiger partial charge on any atom is 0.338 e. The van der Waals surface area contributed by atoms with Gasteiger partial charge in [0.2, 0.25) is 0 Å². The number of hydrogen-bond donors (Lipinski definition) is 1. The first-order chi connectivity index (χ1) is 8.65. The third kappa shape index (κ3) is 3.73. The molecule has 0 aliphatic heterocycles. The zero-order valence-corrected chi connectivity index (χ0v) is 11.9. The predicted molar refractivity (Wildman–Crippen MR) is 75.5 cm³/mol. The van der Waals surface area contributed by atoms with Crippen LogP contribution in [0, 0.1) is 0 Å². The van der Waals surface area contributed by atoms with Crippen LogP contribution in [0.4, 0.5) is 5.69 Å². The normalized spacial score (nSPS) is 17.2. The predicted octanol–water partition coefficient (Wildman–Crippen LogP) is 3.91. The average Bonchev–Trinajstić information content (AvgIpc) is 2.56. The molecule has 0 radical (unpaired) electrons. The molecule has 1 fully saturated rings. The van der Waals surface area contributed by atoms with Gasteiger partial charge in [-0.25, -0.2) is 4.79 Å². The van der Waals surface area contributed by atoms with Crippen LogP contribution in [-0.4, -0.2) is 12.1 Å². The van der Waals surface area contributed by atoms with Crippen molar-refractivity contribution in [2.45, 2.75) is 44.6 Å². The molecule has 0 spiro atoms. The summed E-state index contributed by atoms with van der Waals surface area (Å²) in [6.07, 6.45) is 6.83. The van der Waals surface area contributed by atoms with E-state index in [2.05, 4.69) is 15.9 Å². The van der Waals surface area contributed by atoms with Gasteiger partial charge in [0.25, 0.3) is 0 Å². The van der Waals surface area contributed by atoms with Gasteiger partial charge in [0, 0.05) is 10.2 Å². The summed E-state index contributed by atoms with van der Waals surface area (Å²) in [5, 5.41) is 0. The Hall–Kier alpha value is -1.03. The highest BCUT2D eigenvalue weighted by Gasteiger charge is 2.18. The summed E-state index contributed by atoms with van der Waals surface area (Å²) < 4.78 is 6.35. The van der Waals surface area contributed by atoms with E-state index in [-0.39, 0.29) is 12.1 Å². The summed E-state index contributed by atoms with van der Waals surface area (Å²) in [6.45, 7) is 0. The number of anilines is 1. The lowest BCUT2D eigenvalue weighted by atomic mass is 10.1. The van der Waals surface area contributed by atoms with Crippen LogP contribution >= 0.6 is 15.9 Å². The SMILES string of the molecule is Nc1cc(Br)cc(C(=O)OC2CCCCCC2)c1. The van der Waals surface area contributed by atoms with Gasteiger partial charge in [-0.05, 0) is 43.9 Å². The van der Waals surface area contributed by atoms with E-state index in [1.54, 1.807) is 18.2 Å². The van der Waals surface area contributed by atoms with Crippen molar-refractivity contribution in [1.82, 2.24) is 0 Å². The minimum absolute atomic E-state index is 0.0696. The largest absolute Gasteiger partial charge is 0.459 e. The van der Waals surface area contributed by atoms with E-state index < -0.39 is 0 Å². The van der Waals surface area contributed by atoms with E-state index in [0.29, 0.717) is 11.3 Å². The van der Waals surface area contributed by atoms with Crippen LogP contribution in [0.15, 0.2) is 22.7 Å². The molecule has 1 aromatic rings. The molecule has 1 aromatic carbocycles. The molecule has 2 N–H and O–H groups in total. The second kappa shape index (κ2) is 6.23. The molecule has 1 aliphatic rings. The molecule has 18 heavy (non-hydrogen) atoms. The molecule has 0 aromatic heterocycles. The molecule has 0 heterocycles. The second-order valence-corrected chi connectivity index (χ2v) is 5.71. The first-order valence-electron chi connectivity index (χ1n) is 6.42. The minimum atomic E-state index is -0.269. The lowest BCUT2D eigenvalue weighted by Gasteiger charge is -2.15. The van der Waals surface area contributed by atoms with E-state index >= 15 is 0 Å². The smallest absolute Gasteiger partial charge is 0.338 e. The Bertz CT molecular complexity index is 406. The number of carbonyl (C=O) groups is 1. The number of benzene rings is 1. The fourth-order valence-electron chi connectivity index (χ4n) is 2.31. The number of esters is 1. The Morgan fingerprint density at radius 1 is 1.17 bits per heavy atom. The van der Waals surface area contributed by atoms with Crippen molar-refractivity contribution in [1.29, 1.82) is 0 Å². The summed E-state index contributed by atoms with van der Waals surface area (Å²) in [4.78, 5) is 12.0. The molecular weight excluding hydrogens is 294 g/mol. The Kier molecular flexibility index (Phi) is 4.64. The van der Waals surface area contributed by atoms with Crippen molar-refractivity contribution >= 4 is 27.6 Å². The number of rotatable bonds is 2. The first-order valence-corrected chi connectivity index (χ1v) is 7.21. The van der Waals surface area contributed by atoms with Gasteiger partial charge in [-0.2, -0.15) is 0 Å². The topological polar surface area (TPSA) is 52.3 Å². The summed E-state index contributed by atoms with van der Waals surface area (Å²) in [5.41, 5.74) is 6.80. The van der Waals surface area contributed by atoms with Crippen LogP contribution in [0.5, 0.6) is 0 Å². The Morgan fingerprint density at radius 2 is 1.83 bits per heavy atom. The summed E-state index contributed by atoms with van der Waals surface area (Å²) in [5.74, 6) is -0.269. The van der Waals surface area contributed by atoms with Gasteiger partial charge < -0.3 is 10.5 Å². The summed E-state index contributed by atoms with van der Waals surface area (Å²) in [6, 6.07) is 5.17. The zero-order valence-electron chi connectivity index (χ0n) is 10.3. The van der Waals surface area contributed by atoms with Gasteiger partial charge in [-0.3, -0.25) is 0 Å². The molecule has 0 saturated heterocycles. The van der Waals surface area contributed by atoms with Crippen LogP contribution in [0.3, 0.4) is 0 Å². The molecule has 1 saturated carbocycles. The minimum Gasteiger partial charge on any atom is -0.459 e. The lowest BCUT2D eigenvalue weighted by Crippen LogP contribution is -2.17. The number of hydrogen-bond acceptors (Lipinski definition) is 3. The zero-order chi connectivity index (χ0) is 13.0. The Balaban J connectivity index is 2.01. The fraction of sp³-hybridized carbons (Fsp3) is 0.500. The molecule has 3 nitrogen and oxygen atoms in total. The van der Waals surface area contributed by atoms with E-state index in [4.69, 9.17) is 10.5 Å². The number of carbonyl (C=O) groups excluding carboxylic acids is 1. The van der Waals surface area contributed by atoms with Crippen LogP contribution in [-0.2, 0) is 4.74 Å². The van der Waals surface area contributed by atoms with E-state index in [9.17, 15) is 4.79 Å². The molecule has 0 amide bonds. The second-order valence-electron chi connectivity index (χ2n) is 4.79. The van der Waals surface area contributed by atoms with Crippen molar-refractivity contribution in [2.75, 3.05) is 5.73 Å². The first kappa shape index (κ1) is 13.4. The third-order valence-corrected chi connectivity index (χ3v) is 3.69. The fourth-order valence-corrected chi connectivity index (χ4v) is 2.82. The van der Waals surface area contributed by atoms with Crippen LogP contribution in [0.2, 0.25) is 0 Å². The van der Waals surface area contributed by atoms with Crippen molar-refractivity contribution in [3.63, 3.8) is 0 Å². The average molecular weight is 312 g/mol. The van der Waals surface area contributed by atoms with Gasteiger partial charge in [-0.1, -0.05) is 28.8 Å². The molecule has 0 unspecified atom stereocenters. The molecule has 2 rings (SSSR count). The Labute approximate surface area is 116 Å². The highest BCUT2D eigenvalue weighted by molar-refractivity contribution is 9.10. The number of halogens is 1. The summed E-state index contributed by atoms with van der Waals surface area (Å²) >= 11 is 3.33. The quantitative estimate of drug-likeness (QED) is 0.512. The van der Waals surface area contributed by atoms with Crippen LogP contribution in [0.25, 0.3) is 0 Å². The van der Waals surface area contributed by atoms with E-state index in [1.165, 1.54) is 12.8 Å². The monoisotopic (exact) mass is 311 g/mol. The standard InChI is InChI=1S/C14H18BrNO2/c15-11-7-10(8-12(16)9-11)14(17)18-13-5-3-1-2-4-6-13/h7-9,13H,1-6,16H2. The van der Waals surface area contributed by atoms with Gasteiger partial charge in [0.05, 0.1) is 5.56 Å². The number of ether oxygens (including phenoxy) is 1. The highest BCUT2D eigenvalue weighted by Crippen LogP contribution is 2.22. The maximum absolute atomic E-state index is 12.0.